The summed E-state index contributed by atoms with van der Waals surface area (Å²) in [6, 6.07) is 3.14. The molecule has 0 aromatic carbocycles. The maximum atomic E-state index is 12.0. The molecule has 7 nitrogen and oxygen atoms in total. The summed E-state index contributed by atoms with van der Waals surface area (Å²) in [6.45, 7) is 6.59. The maximum absolute atomic E-state index is 12.0. The van der Waals surface area contributed by atoms with Gasteiger partial charge in [0, 0.05) is 6.07 Å². The van der Waals surface area contributed by atoms with Crippen LogP contribution in [-0.2, 0) is 9.53 Å². The second-order valence-corrected chi connectivity index (χ2v) is 4.70. The summed E-state index contributed by atoms with van der Waals surface area (Å²) < 4.78 is 15.2. The van der Waals surface area contributed by atoms with E-state index in [4.69, 9.17) is 13.7 Å². The predicted octanol–water partition coefficient (Wildman–Crippen LogP) is 2.38. The van der Waals surface area contributed by atoms with Crippen molar-refractivity contribution in [1.29, 1.82) is 0 Å². The van der Waals surface area contributed by atoms with E-state index in [2.05, 4.69) is 10.5 Å². The van der Waals surface area contributed by atoms with Gasteiger partial charge in [0.05, 0.1) is 5.69 Å². The molecule has 0 saturated carbocycles. The number of aromatic nitrogens is 1. The van der Waals surface area contributed by atoms with Gasteiger partial charge in [0.15, 0.2) is 6.10 Å². The highest BCUT2D eigenvalue weighted by Crippen LogP contribution is 2.16. The fourth-order valence-corrected chi connectivity index (χ4v) is 1.76. The third kappa shape index (κ3) is 3.50. The van der Waals surface area contributed by atoms with Gasteiger partial charge in [0.1, 0.15) is 17.1 Å². The number of hydrogen-bond acceptors (Lipinski definition) is 6. The highest BCUT2D eigenvalue weighted by Gasteiger charge is 2.22. The van der Waals surface area contributed by atoms with E-state index in [1.54, 1.807) is 32.9 Å². The Morgan fingerprint density at radius 1 is 1.29 bits per heavy atom. The first kappa shape index (κ1) is 14.8. The molecule has 2 aromatic rings. The number of nitrogens with one attached hydrogen (secondary N) is 1. The van der Waals surface area contributed by atoms with Crippen LogP contribution in [0.15, 0.2) is 21.1 Å². The van der Waals surface area contributed by atoms with Crippen LogP contribution in [0.25, 0.3) is 0 Å². The van der Waals surface area contributed by atoms with E-state index in [0.717, 1.165) is 0 Å². The molecule has 0 radical (unpaired) electrons. The number of hydrogen-bond donors (Lipinski definition) is 1. The minimum Gasteiger partial charge on any atom is -0.466 e. The fourth-order valence-electron chi connectivity index (χ4n) is 1.76. The fraction of sp³-hybridized carbons (Fsp3) is 0.357. The van der Waals surface area contributed by atoms with Crippen molar-refractivity contribution in [2.45, 2.75) is 33.8 Å². The van der Waals surface area contributed by atoms with Gasteiger partial charge in [0.2, 0.25) is 5.88 Å². The topological polar surface area (TPSA) is 94.6 Å². The standard InChI is InChI=1S/C14H16N2O5/c1-7-5-12(21-16-7)15-13(17)10(4)20-14(18)11-6-8(2)19-9(11)3/h5-6,10H,1-4H3,(H,15,17). The summed E-state index contributed by atoms with van der Waals surface area (Å²) in [6.07, 6.45) is -0.975. The number of furan rings is 1. The lowest BCUT2D eigenvalue weighted by molar-refractivity contribution is -0.123. The number of anilines is 1. The van der Waals surface area contributed by atoms with E-state index < -0.39 is 18.0 Å². The molecule has 112 valence electrons. The van der Waals surface area contributed by atoms with Crippen LogP contribution < -0.4 is 5.32 Å². The van der Waals surface area contributed by atoms with E-state index >= 15 is 0 Å². The van der Waals surface area contributed by atoms with Crippen molar-refractivity contribution >= 4 is 17.8 Å². The molecule has 1 atom stereocenters. The SMILES string of the molecule is Cc1cc(NC(=O)C(C)OC(=O)c2cc(C)oc2C)on1. The van der Waals surface area contributed by atoms with Crippen molar-refractivity contribution in [1.82, 2.24) is 5.16 Å². The molecule has 0 fully saturated rings. The summed E-state index contributed by atoms with van der Waals surface area (Å²) >= 11 is 0. The summed E-state index contributed by atoms with van der Waals surface area (Å²) in [5, 5.41) is 6.11. The molecular formula is C14H16N2O5. The summed E-state index contributed by atoms with van der Waals surface area (Å²) in [7, 11) is 0. The first-order valence-corrected chi connectivity index (χ1v) is 6.39. The highest BCUT2D eigenvalue weighted by molar-refractivity contribution is 5.97. The summed E-state index contributed by atoms with van der Waals surface area (Å²) in [5.41, 5.74) is 0.946. The van der Waals surface area contributed by atoms with Crippen LogP contribution in [0.4, 0.5) is 5.88 Å². The molecule has 21 heavy (non-hydrogen) atoms. The number of aryl methyl sites for hydroxylation is 3. The van der Waals surface area contributed by atoms with Crippen LogP contribution in [-0.4, -0.2) is 23.1 Å². The molecule has 1 unspecified atom stereocenters. The lowest BCUT2D eigenvalue weighted by atomic mass is 10.2. The van der Waals surface area contributed by atoms with E-state index in [1.807, 2.05) is 0 Å². The minimum absolute atomic E-state index is 0.204. The Kier molecular flexibility index (Phi) is 4.11. The zero-order valence-electron chi connectivity index (χ0n) is 12.2. The Labute approximate surface area is 121 Å². The number of esters is 1. The number of carbonyl (C=O) groups excluding carboxylic acids is 2. The Morgan fingerprint density at radius 3 is 2.52 bits per heavy atom. The molecular weight excluding hydrogens is 276 g/mol. The van der Waals surface area contributed by atoms with Crippen molar-refractivity contribution in [2.24, 2.45) is 0 Å². The van der Waals surface area contributed by atoms with Gasteiger partial charge in [-0.05, 0) is 33.8 Å². The molecule has 2 rings (SSSR count). The van der Waals surface area contributed by atoms with Crippen molar-refractivity contribution in [3.63, 3.8) is 0 Å². The van der Waals surface area contributed by atoms with Crippen LogP contribution in [0.1, 0.15) is 34.5 Å². The van der Waals surface area contributed by atoms with Crippen molar-refractivity contribution in [3.8, 4) is 0 Å². The number of carbonyl (C=O) groups is 2. The molecule has 1 amide bonds. The van der Waals surface area contributed by atoms with Gasteiger partial charge in [-0.1, -0.05) is 5.16 Å². The summed E-state index contributed by atoms with van der Waals surface area (Å²) in [5.74, 6) is 0.151. The van der Waals surface area contributed by atoms with E-state index in [0.29, 0.717) is 22.8 Å². The van der Waals surface area contributed by atoms with Gasteiger partial charge < -0.3 is 13.7 Å². The van der Waals surface area contributed by atoms with Gasteiger partial charge in [-0.15, -0.1) is 0 Å². The van der Waals surface area contributed by atoms with Crippen molar-refractivity contribution < 1.29 is 23.3 Å². The van der Waals surface area contributed by atoms with E-state index in [9.17, 15) is 9.59 Å². The van der Waals surface area contributed by atoms with Crippen LogP contribution in [0.3, 0.4) is 0 Å². The molecule has 0 aliphatic carbocycles. The molecule has 7 heteroatoms. The average Bonchev–Trinajstić information content (AvgIpc) is 2.95. The third-order valence-electron chi connectivity index (χ3n) is 2.79. The van der Waals surface area contributed by atoms with Crippen LogP contribution >= 0.6 is 0 Å². The van der Waals surface area contributed by atoms with Crippen LogP contribution in [0.5, 0.6) is 0 Å². The van der Waals surface area contributed by atoms with Gasteiger partial charge in [-0.3, -0.25) is 10.1 Å². The second-order valence-electron chi connectivity index (χ2n) is 4.70. The first-order valence-electron chi connectivity index (χ1n) is 6.39. The van der Waals surface area contributed by atoms with E-state index in [1.165, 1.54) is 6.92 Å². The van der Waals surface area contributed by atoms with Crippen molar-refractivity contribution in [2.75, 3.05) is 5.32 Å². The molecule has 1 N–H and O–H groups in total. The Bertz CT molecular complexity index is 671. The normalized spacial score (nSPS) is 12.0. The average molecular weight is 292 g/mol. The second kappa shape index (κ2) is 5.82. The van der Waals surface area contributed by atoms with Crippen LogP contribution in [0.2, 0.25) is 0 Å². The minimum atomic E-state index is -0.975. The van der Waals surface area contributed by atoms with Gasteiger partial charge in [-0.25, -0.2) is 4.79 Å². The molecule has 0 aliphatic rings. The zero-order chi connectivity index (χ0) is 15.6. The number of amides is 1. The van der Waals surface area contributed by atoms with Crippen LogP contribution in [0, 0.1) is 20.8 Å². The van der Waals surface area contributed by atoms with E-state index in [-0.39, 0.29) is 5.88 Å². The molecule has 0 aliphatic heterocycles. The highest BCUT2D eigenvalue weighted by atomic mass is 16.5. The largest absolute Gasteiger partial charge is 0.466 e. The molecule has 0 bridgehead atoms. The lowest BCUT2D eigenvalue weighted by Gasteiger charge is -2.11. The third-order valence-corrected chi connectivity index (χ3v) is 2.79. The number of rotatable bonds is 4. The monoisotopic (exact) mass is 292 g/mol. The number of ether oxygens (including phenoxy) is 1. The lowest BCUT2D eigenvalue weighted by Crippen LogP contribution is -2.29. The quantitative estimate of drug-likeness (QED) is 0.869. The van der Waals surface area contributed by atoms with Crippen molar-refractivity contribution in [3.05, 3.63) is 34.9 Å². The Morgan fingerprint density at radius 2 is 2.00 bits per heavy atom. The Hall–Kier alpha value is -2.57. The predicted molar refractivity (Wildman–Crippen MR) is 72.9 cm³/mol. The maximum Gasteiger partial charge on any atom is 0.342 e. The Balaban J connectivity index is 1.97. The smallest absolute Gasteiger partial charge is 0.342 e. The molecule has 0 spiro atoms. The van der Waals surface area contributed by atoms with Gasteiger partial charge in [-0.2, -0.15) is 0 Å². The van der Waals surface area contributed by atoms with Gasteiger partial charge >= 0.3 is 5.97 Å². The molecule has 0 saturated heterocycles. The molecule has 2 heterocycles. The summed E-state index contributed by atoms with van der Waals surface area (Å²) in [4.78, 5) is 23.8. The number of nitrogens with zero attached hydrogens (tertiary/aromatic N) is 1. The zero-order valence-corrected chi connectivity index (χ0v) is 12.2. The first-order chi connectivity index (χ1) is 9.86. The molecule has 2 aromatic heterocycles. The van der Waals surface area contributed by atoms with Gasteiger partial charge in [0.25, 0.3) is 5.91 Å².